The Hall–Kier alpha value is -1.29. The Labute approximate surface area is 102 Å². The number of aryl methyl sites for hydroxylation is 1. The highest BCUT2D eigenvalue weighted by Gasteiger charge is 2.22. The summed E-state index contributed by atoms with van der Waals surface area (Å²) < 4.78 is 5.33. The van der Waals surface area contributed by atoms with E-state index in [1.165, 1.54) is 0 Å². The van der Waals surface area contributed by atoms with Crippen LogP contribution in [-0.2, 0) is 11.3 Å². The molecule has 2 rings (SSSR count). The van der Waals surface area contributed by atoms with Gasteiger partial charge in [0.15, 0.2) is 0 Å². The number of rotatable bonds is 4. The molecular weight excluding hydrogens is 216 g/mol. The largest absolute Gasteiger partial charge is 0.468 e. The monoisotopic (exact) mass is 236 g/mol. The van der Waals surface area contributed by atoms with E-state index in [4.69, 9.17) is 4.42 Å². The number of hydrogen-bond acceptors (Lipinski definition) is 3. The standard InChI is InChI=1S/C13H20N2O2/c1-10-5-8-17-12(10)9-14-11(2)13(16)15-6-3-4-7-15/h5,8,11,14H,3-4,6-7,9H2,1-2H3. The molecule has 0 saturated carbocycles. The lowest BCUT2D eigenvalue weighted by atomic mass is 10.2. The Morgan fingerprint density at radius 3 is 2.82 bits per heavy atom. The highest BCUT2D eigenvalue weighted by atomic mass is 16.3. The zero-order chi connectivity index (χ0) is 12.3. The molecule has 0 aromatic carbocycles. The Morgan fingerprint density at radius 1 is 1.53 bits per heavy atom. The van der Waals surface area contributed by atoms with Crippen LogP contribution in [0.5, 0.6) is 0 Å². The number of carbonyl (C=O) groups is 1. The third-order valence-electron chi connectivity index (χ3n) is 3.33. The summed E-state index contributed by atoms with van der Waals surface area (Å²) in [5.41, 5.74) is 1.12. The first-order valence-corrected chi connectivity index (χ1v) is 6.23. The Bertz CT molecular complexity index is 381. The summed E-state index contributed by atoms with van der Waals surface area (Å²) in [6.07, 6.45) is 3.95. The summed E-state index contributed by atoms with van der Waals surface area (Å²) >= 11 is 0. The van der Waals surface area contributed by atoms with Crippen molar-refractivity contribution in [2.75, 3.05) is 13.1 Å². The number of nitrogens with zero attached hydrogens (tertiary/aromatic N) is 1. The Morgan fingerprint density at radius 2 is 2.24 bits per heavy atom. The molecule has 0 radical (unpaired) electrons. The van der Waals surface area contributed by atoms with Gasteiger partial charge in [0.1, 0.15) is 5.76 Å². The fourth-order valence-electron chi connectivity index (χ4n) is 2.13. The van der Waals surface area contributed by atoms with Gasteiger partial charge < -0.3 is 9.32 Å². The first-order valence-electron chi connectivity index (χ1n) is 6.23. The minimum absolute atomic E-state index is 0.141. The van der Waals surface area contributed by atoms with Crippen molar-refractivity contribution in [1.82, 2.24) is 10.2 Å². The van der Waals surface area contributed by atoms with Crippen LogP contribution >= 0.6 is 0 Å². The van der Waals surface area contributed by atoms with Gasteiger partial charge in [0, 0.05) is 13.1 Å². The lowest BCUT2D eigenvalue weighted by molar-refractivity contribution is -0.132. The minimum atomic E-state index is -0.141. The third kappa shape index (κ3) is 2.88. The fourth-order valence-corrected chi connectivity index (χ4v) is 2.13. The predicted octanol–water partition coefficient (Wildman–Crippen LogP) is 1.69. The van der Waals surface area contributed by atoms with E-state index in [-0.39, 0.29) is 11.9 Å². The van der Waals surface area contributed by atoms with Gasteiger partial charge in [0.05, 0.1) is 18.8 Å². The van der Waals surface area contributed by atoms with E-state index in [1.807, 2.05) is 24.8 Å². The molecule has 1 saturated heterocycles. The van der Waals surface area contributed by atoms with E-state index in [1.54, 1.807) is 6.26 Å². The van der Waals surface area contributed by atoms with Crippen molar-refractivity contribution in [2.24, 2.45) is 0 Å². The van der Waals surface area contributed by atoms with Crippen molar-refractivity contribution in [3.63, 3.8) is 0 Å². The van der Waals surface area contributed by atoms with Crippen molar-refractivity contribution in [2.45, 2.75) is 39.3 Å². The zero-order valence-corrected chi connectivity index (χ0v) is 10.5. The van der Waals surface area contributed by atoms with E-state index in [0.717, 1.165) is 37.3 Å². The molecule has 2 heterocycles. The maximum Gasteiger partial charge on any atom is 0.239 e. The number of amides is 1. The molecule has 4 nitrogen and oxygen atoms in total. The molecule has 17 heavy (non-hydrogen) atoms. The van der Waals surface area contributed by atoms with Crippen molar-refractivity contribution in [1.29, 1.82) is 0 Å². The second-order valence-electron chi connectivity index (χ2n) is 4.66. The lowest BCUT2D eigenvalue weighted by Crippen LogP contribution is -2.43. The number of carbonyl (C=O) groups excluding carboxylic acids is 1. The highest BCUT2D eigenvalue weighted by Crippen LogP contribution is 2.11. The normalized spacial score (nSPS) is 17.4. The first-order chi connectivity index (χ1) is 8.18. The van der Waals surface area contributed by atoms with Crippen LogP contribution in [0.25, 0.3) is 0 Å². The van der Waals surface area contributed by atoms with Crippen molar-refractivity contribution < 1.29 is 9.21 Å². The summed E-state index contributed by atoms with van der Waals surface area (Å²) in [6.45, 7) is 6.35. The van der Waals surface area contributed by atoms with Crippen LogP contribution in [0.4, 0.5) is 0 Å². The van der Waals surface area contributed by atoms with Crippen LogP contribution < -0.4 is 5.32 Å². The van der Waals surface area contributed by atoms with E-state index < -0.39 is 0 Å². The SMILES string of the molecule is Cc1ccoc1CNC(C)C(=O)N1CCCC1. The van der Waals surface area contributed by atoms with E-state index >= 15 is 0 Å². The van der Waals surface area contributed by atoms with Crippen molar-refractivity contribution in [3.8, 4) is 0 Å². The molecule has 1 N–H and O–H groups in total. The minimum Gasteiger partial charge on any atom is -0.468 e. The van der Waals surface area contributed by atoms with Gasteiger partial charge in [-0.2, -0.15) is 0 Å². The van der Waals surface area contributed by atoms with Gasteiger partial charge in [0.25, 0.3) is 0 Å². The van der Waals surface area contributed by atoms with Gasteiger partial charge in [-0.15, -0.1) is 0 Å². The number of hydrogen-bond donors (Lipinski definition) is 1. The van der Waals surface area contributed by atoms with E-state index in [0.29, 0.717) is 6.54 Å². The molecule has 0 aliphatic carbocycles. The molecule has 1 atom stereocenters. The van der Waals surface area contributed by atoms with Crippen LogP contribution in [0.2, 0.25) is 0 Å². The summed E-state index contributed by atoms with van der Waals surface area (Å²) in [5.74, 6) is 1.11. The smallest absolute Gasteiger partial charge is 0.239 e. The average molecular weight is 236 g/mol. The van der Waals surface area contributed by atoms with Gasteiger partial charge in [-0.1, -0.05) is 0 Å². The molecule has 1 unspecified atom stereocenters. The average Bonchev–Trinajstić information content (AvgIpc) is 2.96. The van der Waals surface area contributed by atoms with Crippen LogP contribution in [0.15, 0.2) is 16.7 Å². The Kier molecular flexibility index (Phi) is 3.84. The summed E-state index contributed by atoms with van der Waals surface area (Å²) in [6, 6.07) is 1.79. The predicted molar refractivity (Wildman–Crippen MR) is 65.6 cm³/mol. The van der Waals surface area contributed by atoms with Gasteiger partial charge >= 0.3 is 0 Å². The molecule has 1 aliphatic rings. The fraction of sp³-hybridized carbons (Fsp3) is 0.615. The lowest BCUT2D eigenvalue weighted by Gasteiger charge is -2.20. The first kappa shape index (κ1) is 12.2. The molecule has 1 aromatic rings. The molecule has 0 bridgehead atoms. The molecule has 1 amide bonds. The Balaban J connectivity index is 1.82. The van der Waals surface area contributed by atoms with Crippen molar-refractivity contribution in [3.05, 3.63) is 23.7 Å². The van der Waals surface area contributed by atoms with E-state index in [2.05, 4.69) is 5.32 Å². The zero-order valence-electron chi connectivity index (χ0n) is 10.5. The van der Waals surface area contributed by atoms with Crippen LogP contribution in [0.3, 0.4) is 0 Å². The van der Waals surface area contributed by atoms with E-state index in [9.17, 15) is 4.79 Å². The van der Waals surface area contributed by atoms with Crippen molar-refractivity contribution >= 4 is 5.91 Å². The summed E-state index contributed by atoms with van der Waals surface area (Å²) in [4.78, 5) is 14.0. The molecular formula is C13H20N2O2. The highest BCUT2D eigenvalue weighted by molar-refractivity contribution is 5.81. The second-order valence-corrected chi connectivity index (χ2v) is 4.66. The molecule has 1 aliphatic heterocycles. The van der Waals surface area contributed by atoms with Crippen LogP contribution in [0.1, 0.15) is 31.1 Å². The van der Waals surface area contributed by atoms with Gasteiger partial charge in [-0.05, 0) is 38.3 Å². The second kappa shape index (κ2) is 5.36. The van der Waals surface area contributed by atoms with Crippen LogP contribution in [0, 0.1) is 6.92 Å². The molecule has 4 heteroatoms. The number of likely N-dealkylation sites (tertiary alicyclic amines) is 1. The molecule has 94 valence electrons. The van der Waals surface area contributed by atoms with Gasteiger partial charge in [-0.3, -0.25) is 10.1 Å². The maximum atomic E-state index is 12.0. The number of furan rings is 1. The summed E-state index contributed by atoms with van der Waals surface area (Å²) in [5, 5.41) is 3.22. The van der Waals surface area contributed by atoms with Crippen LogP contribution in [-0.4, -0.2) is 29.9 Å². The quantitative estimate of drug-likeness (QED) is 0.865. The third-order valence-corrected chi connectivity index (χ3v) is 3.33. The topological polar surface area (TPSA) is 45.5 Å². The van der Waals surface area contributed by atoms with Gasteiger partial charge in [0.2, 0.25) is 5.91 Å². The molecule has 0 spiro atoms. The maximum absolute atomic E-state index is 12.0. The van der Waals surface area contributed by atoms with Gasteiger partial charge in [-0.25, -0.2) is 0 Å². The number of nitrogens with one attached hydrogen (secondary N) is 1. The molecule has 1 fully saturated rings. The summed E-state index contributed by atoms with van der Waals surface area (Å²) in [7, 11) is 0. The molecule has 1 aromatic heterocycles.